The lowest BCUT2D eigenvalue weighted by molar-refractivity contribution is -0.143. The SMILES string of the molecule is CCCC(CC)C1CCC(C(=O)O)CC1. The molecule has 1 atom stereocenters. The van der Waals surface area contributed by atoms with E-state index in [0.717, 1.165) is 37.5 Å². The van der Waals surface area contributed by atoms with Crippen molar-refractivity contribution in [2.75, 3.05) is 0 Å². The summed E-state index contributed by atoms with van der Waals surface area (Å²) in [5, 5.41) is 8.92. The maximum absolute atomic E-state index is 10.8. The molecule has 0 radical (unpaired) electrons. The summed E-state index contributed by atoms with van der Waals surface area (Å²) >= 11 is 0. The van der Waals surface area contributed by atoms with Gasteiger partial charge in [0.2, 0.25) is 0 Å². The quantitative estimate of drug-likeness (QED) is 0.754. The van der Waals surface area contributed by atoms with Gasteiger partial charge < -0.3 is 5.11 Å². The van der Waals surface area contributed by atoms with Gasteiger partial charge in [-0.25, -0.2) is 0 Å². The molecule has 1 aliphatic carbocycles. The van der Waals surface area contributed by atoms with Crippen LogP contribution in [0.4, 0.5) is 0 Å². The lowest BCUT2D eigenvalue weighted by Gasteiger charge is -2.32. The Morgan fingerprint density at radius 1 is 1.27 bits per heavy atom. The monoisotopic (exact) mass is 212 g/mol. The lowest BCUT2D eigenvalue weighted by Crippen LogP contribution is -2.25. The average molecular weight is 212 g/mol. The largest absolute Gasteiger partial charge is 0.481 e. The summed E-state index contributed by atoms with van der Waals surface area (Å²) in [6, 6.07) is 0. The van der Waals surface area contributed by atoms with E-state index < -0.39 is 5.97 Å². The standard InChI is InChI=1S/C13H24O2/c1-3-5-10(4-2)11-6-8-12(9-7-11)13(14)15/h10-12H,3-9H2,1-2H3,(H,14,15). The Morgan fingerprint density at radius 2 is 1.87 bits per heavy atom. The number of carboxylic acids is 1. The van der Waals surface area contributed by atoms with Crippen LogP contribution in [-0.4, -0.2) is 11.1 Å². The summed E-state index contributed by atoms with van der Waals surface area (Å²) in [6.45, 7) is 4.51. The summed E-state index contributed by atoms with van der Waals surface area (Å²) < 4.78 is 0. The Labute approximate surface area is 93.1 Å². The Bertz CT molecular complexity index is 193. The van der Waals surface area contributed by atoms with E-state index in [2.05, 4.69) is 13.8 Å². The van der Waals surface area contributed by atoms with Crippen molar-refractivity contribution in [2.24, 2.45) is 17.8 Å². The zero-order valence-electron chi connectivity index (χ0n) is 10.0. The first-order valence-corrected chi connectivity index (χ1v) is 6.41. The van der Waals surface area contributed by atoms with E-state index in [1.807, 2.05) is 0 Å². The van der Waals surface area contributed by atoms with Crippen LogP contribution in [0.3, 0.4) is 0 Å². The topological polar surface area (TPSA) is 37.3 Å². The third-order valence-electron chi connectivity index (χ3n) is 3.97. The number of hydrogen-bond acceptors (Lipinski definition) is 1. The molecule has 2 heteroatoms. The number of carboxylic acid groups (broad SMARTS) is 1. The molecule has 1 aliphatic rings. The lowest BCUT2D eigenvalue weighted by atomic mass is 9.73. The van der Waals surface area contributed by atoms with E-state index in [1.165, 1.54) is 19.3 Å². The van der Waals surface area contributed by atoms with Crippen molar-refractivity contribution in [3.05, 3.63) is 0 Å². The Balaban J connectivity index is 2.38. The molecule has 0 aromatic rings. The molecule has 0 spiro atoms. The molecule has 0 aromatic carbocycles. The second-order valence-electron chi connectivity index (χ2n) is 4.91. The number of hydrogen-bond donors (Lipinski definition) is 1. The van der Waals surface area contributed by atoms with E-state index in [4.69, 9.17) is 5.11 Å². The minimum Gasteiger partial charge on any atom is -0.481 e. The van der Waals surface area contributed by atoms with Gasteiger partial charge in [0.1, 0.15) is 0 Å². The predicted octanol–water partition coefficient (Wildman–Crippen LogP) is 3.70. The van der Waals surface area contributed by atoms with Crippen molar-refractivity contribution < 1.29 is 9.90 Å². The summed E-state index contributed by atoms with van der Waals surface area (Å²) in [6.07, 6.45) is 7.91. The summed E-state index contributed by atoms with van der Waals surface area (Å²) in [7, 11) is 0. The van der Waals surface area contributed by atoms with E-state index in [1.54, 1.807) is 0 Å². The summed E-state index contributed by atoms with van der Waals surface area (Å²) in [5.74, 6) is 0.993. The molecular weight excluding hydrogens is 188 g/mol. The molecular formula is C13H24O2. The Morgan fingerprint density at radius 3 is 2.27 bits per heavy atom. The zero-order chi connectivity index (χ0) is 11.3. The molecule has 0 bridgehead atoms. The molecule has 0 saturated heterocycles. The van der Waals surface area contributed by atoms with Gasteiger partial charge in [-0.05, 0) is 37.5 Å². The van der Waals surface area contributed by atoms with Gasteiger partial charge in [0.05, 0.1) is 5.92 Å². The molecule has 2 nitrogen and oxygen atoms in total. The van der Waals surface area contributed by atoms with Gasteiger partial charge >= 0.3 is 5.97 Å². The molecule has 1 N–H and O–H groups in total. The molecule has 0 aromatic heterocycles. The Hall–Kier alpha value is -0.530. The number of carbonyl (C=O) groups is 1. The van der Waals surface area contributed by atoms with Crippen molar-refractivity contribution in [1.29, 1.82) is 0 Å². The van der Waals surface area contributed by atoms with Gasteiger partial charge in [0, 0.05) is 0 Å². The number of rotatable bonds is 5. The summed E-state index contributed by atoms with van der Waals surface area (Å²) in [5.41, 5.74) is 0. The van der Waals surface area contributed by atoms with Gasteiger partial charge in [0.15, 0.2) is 0 Å². The van der Waals surface area contributed by atoms with E-state index in [0.29, 0.717) is 0 Å². The smallest absolute Gasteiger partial charge is 0.306 e. The second kappa shape index (κ2) is 6.14. The molecule has 0 amide bonds. The fourth-order valence-corrected chi connectivity index (χ4v) is 2.98. The van der Waals surface area contributed by atoms with Crippen molar-refractivity contribution in [1.82, 2.24) is 0 Å². The average Bonchev–Trinajstić information content (AvgIpc) is 2.26. The van der Waals surface area contributed by atoms with Gasteiger partial charge in [-0.3, -0.25) is 4.79 Å². The first kappa shape index (κ1) is 12.5. The minimum absolute atomic E-state index is 0.0552. The first-order chi connectivity index (χ1) is 7.19. The predicted molar refractivity (Wildman–Crippen MR) is 61.8 cm³/mol. The van der Waals surface area contributed by atoms with E-state index in [-0.39, 0.29) is 5.92 Å². The van der Waals surface area contributed by atoms with E-state index in [9.17, 15) is 4.79 Å². The fraction of sp³-hybridized carbons (Fsp3) is 0.923. The first-order valence-electron chi connectivity index (χ1n) is 6.41. The van der Waals surface area contributed by atoms with Crippen molar-refractivity contribution >= 4 is 5.97 Å². The van der Waals surface area contributed by atoms with Crippen LogP contribution in [0.1, 0.15) is 58.8 Å². The van der Waals surface area contributed by atoms with Crippen LogP contribution >= 0.6 is 0 Å². The molecule has 1 fully saturated rings. The fourth-order valence-electron chi connectivity index (χ4n) is 2.98. The van der Waals surface area contributed by atoms with Crippen LogP contribution in [0.2, 0.25) is 0 Å². The minimum atomic E-state index is -0.586. The third kappa shape index (κ3) is 3.51. The van der Waals surface area contributed by atoms with Crippen LogP contribution in [0.25, 0.3) is 0 Å². The zero-order valence-corrected chi connectivity index (χ0v) is 10.0. The molecule has 1 saturated carbocycles. The molecule has 0 heterocycles. The summed E-state index contributed by atoms with van der Waals surface area (Å²) in [4.78, 5) is 10.8. The third-order valence-corrected chi connectivity index (χ3v) is 3.97. The van der Waals surface area contributed by atoms with Crippen LogP contribution in [0.5, 0.6) is 0 Å². The van der Waals surface area contributed by atoms with Gasteiger partial charge in [-0.1, -0.05) is 33.1 Å². The second-order valence-corrected chi connectivity index (χ2v) is 4.91. The maximum Gasteiger partial charge on any atom is 0.306 e. The maximum atomic E-state index is 10.8. The van der Waals surface area contributed by atoms with Gasteiger partial charge in [-0.2, -0.15) is 0 Å². The van der Waals surface area contributed by atoms with Crippen LogP contribution < -0.4 is 0 Å². The van der Waals surface area contributed by atoms with Crippen molar-refractivity contribution in [3.63, 3.8) is 0 Å². The number of aliphatic carboxylic acids is 1. The molecule has 15 heavy (non-hydrogen) atoms. The highest BCUT2D eigenvalue weighted by Crippen LogP contribution is 2.36. The highest BCUT2D eigenvalue weighted by molar-refractivity contribution is 5.69. The van der Waals surface area contributed by atoms with Crippen LogP contribution in [-0.2, 0) is 4.79 Å². The highest BCUT2D eigenvalue weighted by Gasteiger charge is 2.29. The molecule has 1 unspecified atom stereocenters. The molecule has 88 valence electrons. The van der Waals surface area contributed by atoms with Gasteiger partial charge in [0.25, 0.3) is 0 Å². The molecule has 0 aliphatic heterocycles. The van der Waals surface area contributed by atoms with Crippen molar-refractivity contribution in [3.8, 4) is 0 Å². The van der Waals surface area contributed by atoms with E-state index >= 15 is 0 Å². The molecule has 1 rings (SSSR count). The van der Waals surface area contributed by atoms with Crippen LogP contribution in [0, 0.1) is 17.8 Å². The Kier molecular flexibility index (Phi) is 5.13. The van der Waals surface area contributed by atoms with Gasteiger partial charge in [-0.15, -0.1) is 0 Å². The highest BCUT2D eigenvalue weighted by atomic mass is 16.4. The van der Waals surface area contributed by atoms with Crippen molar-refractivity contribution in [2.45, 2.75) is 58.8 Å². The normalized spacial score (nSPS) is 28.7. The van der Waals surface area contributed by atoms with Crippen LogP contribution in [0.15, 0.2) is 0 Å².